The number of alkyl halides is 1. The lowest BCUT2D eigenvalue weighted by molar-refractivity contribution is 0.0936. The number of nitrogens with one attached hydrogen (secondary N) is 1. The third-order valence-corrected chi connectivity index (χ3v) is 4.13. The number of primary amides is 2. The van der Waals surface area contributed by atoms with Crippen molar-refractivity contribution in [2.75, 3.05) is 6.54 Å². The van der Waals surface area contributed by atoms with E-state index in [-0.39, 0.29) is 17.7 Å². The van der Waals surface area contributed by atoms with Gasteiger partial charge in [-0.15, -0.1) is 11.6 Å². The fraction of sp³-hybridized carbons (Fsp3) is 0.118. The topological polar surface area (TPSA) is 115 Å². The molecule has 0 saturated carbocycles. The Bertz CT molecular complexity index is 822. The fourth-order valence-corrected chi connectivity index (χ4v) is 2.56. The van der Waals surface area contributed by atoms with E-state index in [9.17, 15) is 14.4 Å². The Labute approximate surface area is 154 Å². The number of amides is 3. The van der Waals surface area contributed by atoms with Crippen molar-refractivity contribution in [3.63, 3.8) is 0 Å². The average molecular weight is 380 g/mol. The summed E-state index contributed by atoms with van der Waals surface area (Å²) in [6.45, 7) is 0.108. The molecular formula is C17H15Cl2N3O3. The number of carbonyl (C=O) groups excluding carboxylic acids is 3. The van der Waals surface area contributed by atoms with Crippen LogP contribution < -0.4 is 16.8 Å². The van der Waals surface area contributed by atoms with E-state index in [1.165, 1.54) is 18.2 Å². The Balaban J connectivity index is 2.07. The van der Waals surface area contributed by atoms with E-state index in [2.05, 4.69) is 5.32 Å². The molecule has 0 aromatic heterocycles. The Morgan fingerprint density at radius 3 is 2.16 bits per heavy atom. The Kier molecular flexibility index (Phi) is 6.01. The molecule has 3 amide bonds. The maximum atomic E-state index is 12.3. The third-order valence-electron chi connectivity index (χ3n) is 3.49. The van der Waals surface area contributed by atoms with Gasteiger partial charge in [-0.1, -0.05) is 23.7 Å². The first-order valence-corrected chi connectivity index (χ1v) is 8.02. The van der Waals surface area contributed by atoms with E-state index >= 15 is 0 Å². The summed E-state index contributed by atoms with van der Waals surface area (Å²) in [4.78, 5) is 34.8. The standard InChI is InChI=1S/C17H15Cl2N3O3/c18-11-5-6-12(13(7-11)16(21)24)17(25)22-8-14(19)9-1-3-10(4-2-9)15(20)23/h1-7,14H,8H2,(H2,20,23)(H2,21,24)(H,22,25). The van der Waals surface area contributed by atoms with Crippen molar-refractivity contribution in [2.24, 2.45) is 11.5 Å². The predicted molar refractivity (Wildman–Crippen MR) is 95.9 cm³/mol. The van der Waals surface area contributed by atoms with E-state index in [0.717, 1.165) is 0 Å². The molecule has 0 aliphatic carbocycles. The minimum absolute atomic E-state index is 0.0296. The van der Waals surface area contributed by atoms with Gasteiger partial charge >= 0.3 is 0 Å². The molecule has 0 aliphatic heterocycles. The minimum Gasteiger partial charge on any atom is -0.366 e. The molecule has 1 atom stereocenters. The molecule has 2 aromatic carbocycles. The first-order valence-electron chi connectivity index (χ1n) is 7.21. The minimum atomic E-state index is -0.753. The van der Waals surface area contributed by atoms with Gasteiger partial charge in [0.2, 0.25) is 11.8 Å². The number of halogens is 2. The molecule has 5 N–H and O–H groups in total. The van der Waals surface area contributed by atoms with Crippen molar-refractivity contribution in [1.82, 2.24) is 5.32 Å². The summed E-state index contributed by atoms with van der Waals surface area (Å²) in [5, 5.41) is 2.40. The van der Waals surface area contributed by atoms with Crippen LogP contribution in [-0.2, 0) is 0 Å². The quantitative estimate of drug-likeness (QED) is 0.668. The third kappa shape index (κ3) is 4.71. The molecule has 0 spiro atoms. The van der Waals surface area contributed by atoms with Crippen molar-refractivity contribution < 1.29 is 14.4 Å². The van der Waals surface area contributed by atoms with Crippen LogP contribution in [0.15, 0.2) is 42.5 Å². The first-order chi connectivity index (χ1) is 11.8. The van der Waals surface area contributed by atoms with Crippen molar-refractivity contribution in [2.45, 2.75) is 5.38 Å². The monoisotopic (exact) mass is 379 g/mol. The van der Waals surface area contributed by atoms with Crippen LogP contribution in [0.2, 0.25) is 5.02 Å². The van der Waals surface area contributed by atoms with Crippen molar-refractivity contribution in [1.29, 1.82) is 0 Å². The van der Waals surface area contributed by atoms with Crippen LogP contribution in [0.4, 0.5) is 0 Å². The van der Waals surface area contributed by atoms with Gasteiger partial charge in [-0.05, 0) is 35.9 Å². The highest BCUT2D eigenvalue weighted by Gasteiger charge is 2.17. The average Bonchev–Trinajstić information content (AvgIpc) is 2.59. The van der Waals surface area contributed by atoms with Gasteiger partial charge in [-0.2, -0.15) is 0 Å². The smallest absolute Gasteiger partial charge is 0.252 e. The number of carbonyl (C=O) groups is 3. The van der Waals surface area contributed by atoms with Gasteiger partial charge in [-0.3, -0.25) is 14.4 Å². The van der Waals surface area contributed by atoms with E-state index in [0.29, 0.717) is 16.1 Å². The van der Waals surface area contributed by atoms with Crippen molar-refractivity contribution in [3.8, 4) is 0 Å². The van der Waals surface area contributed by atoms with Gasteiger partial charge in [0.05, 0.1) is 16.5 Å². The summed E-state index contributed by atoms with van der Waals surface area (Å²) in [6, 6.07) is 10.7. The molecule has 0 aliphatic rings. The highest BCUT2D eigenvalue weighted by atomic mass is 35.5. The van der Waals surface area contributed by atoms with E-state index < -0.39 is 23.1 Å². The second kappa shape index (κ2) is 8.00. The molecule has 0 radical (unpaired) electrons. The molecule has 130 valence electrons. The van der Waals surface area contributed by atoms with E-state index in [4.69, 9.17) is 34.7 Å². The molecule has 25 heavy (non-hydrogen) atoms. The van der Waals surface area contributed by atoms with Gasteiger partial charge in [-0.25, -0.2) is 0 Å². The van der Waals surface area contributed by atoms with Gasteiger partial charge in [0.1, 0.15) is 0 Å². The summed E-state index contributed by atoms with van der Waals surface area (Å²) in [7, 11) is 0. The molecule has 8 heteroatoms. The largest absolute Gasteiger partial charge is 0.366 e. The lowest BCUT2D eigenvalue weighted by atomic mass is 10.1. The van der Waals surface area contributed by atoms with Crippen molar-refractivity contribution in [3.05, 3.63) is 69.7 Å². The van der Waals surface area contributed by atoms with Crippen LogP contribution in [0.1, 0.15) is 42.0 Å². The molecule has 0 bridgehead atoms. The van der Waals surface area contributed by atoms with Crippen LogP contribution in [0, 0.1) is 0 Å². The molecule has 6 nitrogen and oxygen atoms in total. The zero-order valence-corrected chi connectivity index (χ0v) is 14.5. The maximum absolute atomic E-state index is 12.3. The second-order valence-electron chi connectivity index (χ2n) is 5.22. The molecule has 0 saturated heterocycles. The Morgan fingerprint density at radius 2 is 1.60 bits per heavy atom. The first kappa shape index (κ1) is 18.8. The van der Waals surface area contributed by atoms with E-state index in [1.807, 2.05) is 0 Å². The van der Waals surface area contributed by atoms with Crippen LogP contribution in [0.3, 0.4) is 0 Å². The number of hydrogen-bond donors (Lipinski definition) is 3. The zero-order chi connectivity index (χ0) is 18.6. The number of nitrogens with two attached hydrogens (primary N) is 2. The number of benzene rings is 2. The lowest BCUT2D eigenvalue weighted by Crippen LogP contribution is -2.29. The highest BCUT2D eigenvalue weighted by Crippen LogP contribution is 2.21. The van der Waals surface area contributed by atoms with E-state index in [1.54, 1.807) is 24.3 Å². The fourth-order valence-electron chi connectivity index (χ4n) is 2.17. The molecule has 2 aromatic rings. The molecule has 1 unspecified atom stereocenters. The highest BCUT2D eigenvalue weighted by molar-refractivity contribution is 6.31. The summed E-state index contributed by atoms with van der Waals surface area (Å²) in [6.07, 6.45) is 0. The molecule has 2 rings (SSSR count). The summed E-state index contributed by atoms with van der Waals surface area (Å²) < 4.78 is 0. The summed E-state index contributed by atoms with van der Waals surface area (Å²) >= 11 is 12.1. The van der Waals surface area contributed by atoms with Crippen LogP contribution in [-0.4, -0.2) is 24.3 Å². The second-order valence-corrected chi connectivity index (χ2v) is 6.18. The zero-order valence-electron chi connectivity index (χ0n) is 13.0. The maximum Gasteiger partial charge on any atom is 0.252 e. The molecule has 0 fully saturated rings. The van der Waals surface area contributed by atoms with Gasteiger partial charge < -0.3 is 16.8 Å². The Hall–Kier alpha value is -2.57. The lowest BCUT2D eigenvalue weighted by Gasteiger charge is -2.13. The van der Waals surface area contributed by atoms with Crippen LogP contribution in [0.5, 0.6) is 0 Å². The van der Waals surface area contributed by atoms with Gasteiger partial charge in [0.25, 0.3) is 5.91 Å². The normalized spacial score (nSPS) is 11.6. The molecule has 0 heterocycles. The summed E-state index contributed by atoms with van der Waals surface area (Å²) in [5.41, 5.74) is 11.7. The number of rotatable bonds is 6. The molecular weight excluding hydrogens is 365 g/mol. The van der Waals surface area contributed by atoms with Gasteiger partial charge in [0, 0.05) is 17.1 Å². The predicted octanol–water partition coefficient (Wildman–Crippen LogP) is 2.25. The Morgan fingerprint density at radius 1 is 0.960 bits per heavy atom. The number of hydrogen-bond acceptors (Lipinski definition) is 3. The SMILES string of the molecule is NC(=O)c1ccc(C(Cl)CNC(=O)c2ccc(Cl)cc2C(N)=O)cc1. The van der Waals surface area contributed by atoms with Gasteiger partial charge in [0.15, 0.2) is 0 Å². The van der Waals surface area contributed by atoms with Crippen LogP contribution >= 0.6 is 23.2 Å². The van der Waals surface area contributed by atoms with Crippen molar-refractivity contribution >= 4 is 40.9 Å². The van der Waals surface area contributed by atoms with Crippen LogP contribution in [0.25, 0.3) is 0 Å². The summed E-state index contributed by atoms with van der Waals surface area (Å²) in [5.74, 6) is -1.78.